The molecule has 1 fully saturated rings. The zero-order valence-corrected chi connectivity index (χ0v) is 9.38. The molecule has 1 heterocycles. The number of carboxylic acids is 1. The predicted octanol–water partition coefficient (Wildman–Crippen LogP) is 1.25. The molecule has 2 rings (SSSR count). The number of benzene rings is 1. The van der Waals surface area contributed by atoms with Gasteiger partial charge in [-0.3, -0.25) is 19.8 Å². The van der Waals surface area contributed by atoms with E-state index in [0.717, 1.165) is 12.1 Å². The van der Waals surface area contributed by atoms with E-state index >= 15 is 0 Å². The second-order valence-electron chi connectivity index (χ2n) is 4.27. The predicted molar refractivity (Wildman–Crippen MR) is 59.5 cm³/mol. The van der Waals surface area contributed by atoms with E-state index in [1.807, 2.05) is 4.90 Å². The Balaban J connectivity index is 1.98. The molecule has 96 valence electrons. The van der Waals surface area contributed by atoms with E-state index in [4.69, 9.17) is 5.11 Å². The lowest BCUT2D eigenvalue weighted by Crippen LogP contribution is -2.49. The number of hydrogen-bond acceptors (Lipinski definition) is 4. The second kappa shape index (κ2) is 4.69. The Morgan fingerprint density at radius 2 is 2.22 bits per heavy atom. The number of nitro benzene ring substituents is 1. The number of likely N-dealkylation sites (tertiary alicyclic amines) is 1. The first-order valence-electron chi connectivity index (χ1n) is 5.35. The van der Waals surface area contributed by atoms with Crippen LogP contribution in [-0.4, -0.2) is 34.0 Å². The first-order chi connectivity index (χ1) is 8.47. The van der Waals surface area contributed by atoms with Crippen LogP contribution in [0.1, 0.15) is 5.56 Å². The summed E-state index contributed by atoms with van der Waals surface area (Å²) in [4.78, 5) is 22.1. The SMILES string of the molecule is O=C(O)C1CN(Cc2ccc([N+](=O)[O-])c(F)c2)C1. The number of nitrogens with zero attached hydrogens (tertiary/aromatic N) is 2. The van der Waals surface area contributed by atoms with Crippen LogP contribution >= 0.6 is 0 Å². The minimum absolute atomic E-state index is 0.368. The molecule has 0 bridgehead atoms. The normalized spacial score (nSPS) is 16.3. The van der Waals surface area contributed by atoms with Crippen molar-refractivity contribution in [3.05, 3.63) is 39.7 Å². The highest BCUT2D eigenvalue weighted by molar-refractivity contribution is 5.71. The van der Waals surface area contributed by atoms with Crippen LogP contribution in [0.3, 0.4) is 0 Å². The molecule has 0 aliphatic carbocycles. The van der Waals surface area contributed by atoms with Gasteiger partial charge in [0.05, 0.1) is 10.8 Å². The lowest BCUT2D eigenvalue weighted by atomic mass is 9.99. The Bertz CT molecular complexity index is 500. The first kappa shape index (κ1) is 12.4. The summed E-state index contributed by atoms with van der Waals surface area (Å²) >= 11 is 0. The van der Waals surface area contributed by atoms with E-state index < -0.39 is 22.4 Å². The van der Waals surface area contributed by atoms with Crippen molar-refractivity contribution in [3.63, 3.8) is 0 Å². The zero-order valence-electron chi connectivity index (χ0n) is 9.38. The molecule has 1 aliphatic rings. The van der Waals surface area contributed by atoms with E-state index in [9.17, 15) is 19.3 Å². The molecular formula is C11H11FN2O4. The molecule has 0 unspecified atom stereocenters. The molecule has 7 heteroatoms. The van der Waals surface area contributed by atoms with Gasteiger partial charge in [0.2, 0.25) is 5.82 Å². The van der Waals surface area contributed by atoms with Gasteiger partial charge in [-0.05, 0) is 11.6 Å². The maximum atomic E-state index is 13.3. The van der Waals surface area contributed by atoms with Crippen LogP contribution in [0.4, 0.5) is 10.1 Å². The lowest BCUT2D eigenvalue weighted by molar-refractivity contribution is -0.387. The molecular weight excluding hydrogens is 243 g/mol. The van der Waals surface area contributed by atoms with Gasteiger partial charge in [-0.25, -0.2) is 0 Å². The summed E-state index contributed by atoms with van der Waals surface area (Å²) in [5.74, 6) is -2.07. The number of carboxylic acid groups (broad SMARTS) is 1. The molecule has 1 N–H and O–H groups in total. The van der Waals surface area contributed by atoms with Crippen LogP contribution < -0.4 is 0 Å². The Hall–Kier alpha value is -2.02. The molecule has 1 saturated heterocycles. The fraction of sp³-hybridized carbons (Fsp3) is 0.364. The van der Waals surface area contributed by atoms with Crippen molar-refractivity contribution >= 4 is 11.7 Å². The number of rotatable bonds is 4. The smallest absolute Gasteiger partial charge is 0.309 e. The van der Waals surface area contributed by atoms with Gasteiger partial charge in [-0.2, -0.15) is 4.39 Å². The Kier molecular flexibility index (Phi) is 3.24. The summed E-state index contributed by atoms with van der Waals surface area (Å²) in [6.45, 7) is 1.25. The van der Waals surface area contributed by atoms with Gasteiger partial charge in [-0.15, -0.1) is 0 Å². The summed E-state index contributed by atoms with van der Waals surface area (Å²) in [7, 11) is 0. The number of hydrogen-bond donors (Lipinski definition) is 1. The average molecular weight is 254 g/mol. The summed E-state index contributed by atoms with van der Waals surface area (Å²) in [6.07, 6.45) is 0. The molecule has 0 radical (unpaired) electrons. The summed E-state index contributed by atoms with van der Waals surface area (Å²) < 4.78 is 13.3. The summed E-state index contributed by atoms with van der Waals surface area (Å²) in [5.41, 5.74) is 0.0488. The molecule has 0 saturated carbocycles. The Labute approximate surface area is 102 Å². The van der Waals surface area contributed by atoms with E-state index in [0.29, 0.717) is 25.2 Å². The zero-order chi connectivity index (χ0) is 13.3. The maximum Gasteiger partial charge on any atom is 0.309 e. The van der Waals surface area contributed by atoms with Crippen molar-refractivity contribution in [2.45, 2.75) is 6.54 Å². The van der Waals surface area contributed by atoms with Crippen molar-refractivity contribution in [3.8, 4) is 0 Å². The molecule has 6 nitrogen and oxygen atoms in total. The first-order valence-corrected chi connectivity index (χ1v) is 5.35. The number of carbonyl (C=O) groups is 1. The fourth-order valence-electron chi connectivity index (χ4n) is 1.91. The number of halogens is 1. The monoisotopic (exact) mass is 254 g/mol. The minimum Gasteiger partial charge on any atom is -0.481 e. The topological polar surface area (TPSA) is 83.7 Å². The van der Waals surface area contributed by atoms with Crippen molar-refractivity contribution in [1.82, 2.24) is 4.90 Å². The second-order valence-corrected chi connectivity index (χ2v) is 4.27. The van der Waals surface area contributed by atoms with Crippen molar-refractivity contribution in [1.29, 1.82) is 0 Å². The highest BCUT2D eigenvalue weighted by Crippen LogP contribution is 2.22. The molecule has 1 aromatic carbocycles. The highest BCUT2D eigenvalue weighted by atomic mass is 19.1. The Morgan fingerprint density at radius 1 is 1.56 bits per heavy atom. The molecule has 0 atom stereocenters. The van der Waals surface area contributed by atoms with E-state index in [2.05, 4.69) is 0 Å². The van der Waals surface area contributed by atoms with Gasteiger partial charge in [0.1, 0.15) is 0 Å². The van der Waals surface area contributed by atoms with Gasteiger partial charge in [0.15, 0.2) is 0 Å². The van der Waals surface area contributed by atoms with Crippen molar-refractivity contribution in [2.75, 3.05) is 13.1 Å². The van der Waals surface area contributed by atoms with Crippen molar-refractivity contribution in [2.24, 2.45) is 5.92 Å². The van der Waals surface area contributed by atoms with Gasteiger partial charge in [-0.1, -0.05) is 6.07 Å². The lowest BCUT2D eigenvalue weighted by Gasteiger charge is -2.36. The molecule has 0 spiro atoms. The summed E-state index contributed by atoms with van der Waals surface area (Å²) in [5, 5.41) is 19.1. The largest absolute Gasteiger partial charge is 0.481 e. The van der Waals surface area contributed by atoms with Gasteiger partial charge < -0.3 is 5.11 Å². The van der Waals surface area contributed by atoms with Crippen LogP contribution in [0.25, 0.3) is 0 Å². The van der Waals surface area contributed by atoms with Gasteiger partial charge in [0.25, 0.3) is 0 Å². The third-order valence-corrected chi connectivity index (χ3v) is 2.92. The molecule has 0 amide bonds. The third kappa shape index (κ3) is 2.45. The van der Waals surface area contributed by atoms with E-state index in [-0.39, 0.29) is 5.92 Å². The molecule has 18 heavy (non-hydrogen) atoms. The van der Waals surface area contributed by atoms with Crippen LogP contribution in [-0.2, 0) is 11.3 Å². The molecule has 1 aliphatic heterocycles. The maximum absolute atomic E-state index is 13.3. The molecule has 0 aromatic heterocycles. The van der Waals surface area contributed by atoms with Crippen LogP contribution in [0, 0.1) is 21.8 Å². The van der Waals surface area contributed by atoms with E-state index in [1.165, 1.54) is 6.07 Å². The minimum atomic E-state index is -0.868. The Morgan fingerprint density at radius 3 is 2.72 bits per heavy atom. The van der Waals surface area contributed by atoms with Crippen LogP contribution in [0.15, 0.2) is 18.2 Å². The van der Waals surface area contributed by atoms with Gasteiger partial charge >= 0.3 is 11.7 Å². The third-order valence-electron chi connectivity index (χ3n) is 2.92. The van der Waals surface area contributed by atoms with E-state index in [1.54, 1.807) is 0 Å². The van der Waals surface area contributed by atoms with Crippen LogP contribution in [0.5, 0.6) is 0 Å². The van der Waals surface area contributed by atoms with Gasteiger partial charge in [0, 0.05) is 25.7 Å². The highest BCUT2D eigenvalue weighted by Gasteiger charge is 2.32. The average Bonchev–Trinajstić information content (AvgIpc) is 2.21. The van der Waals surface area contributed by atoms with Crippen LogP contribution in [0.2, 0.25) is 0 Å². The fourth-order valence-corrected chi connectivity index (χ4v) is 1.91. The number of nitro groups is 1. The quantitative estimate of drug-likeness (QED) is 0.645. The van der Waals surface area contributed by atoms with Crippen molar-refractivity contribution < 1.29 is 19.2 Å². The molecule has 1 aromatic rings. The standard InChI is InChI=1S/C11H11FN2O4/c12-9-3-7(1-2-10(9)14(17)18)4-13-5-8(6-13)11(15)16/h1-3,8H,4-6H2,(H,15,16). The summed E-state index contributed by atoms with van der Waals surface area (Å²) in [6, 6.07) is 3.72. The number of aliphatic carboxylic acids is 1.